The fourth-order valence-electron chi connectivity index (χ4n) is 3.07. The Bertz CT molecular complexity index is 727. The molecule has 2 aromatic rings. The van der Waals surface area contributed by atoms with Crippen molar-refractivity contribution < 1.29 is 4.79 Å². The first-order valence-corrected chi connectivity index (χ1v) is 9.55. The topological polar surface area (TPSA) is 48.5 Å². The molecule has 138 valence electrons. The molecule has 0 aliphatic carbocycles. The van der Waals surface area contributed by atoms with Gasteiger partial charge in [0, 0.05) is 38.1 Å². The van der Waals surface area contributed by atoms with E-state index in [9.17, 15) is 4.79 Å². The predicted octanol–water partition coefficient (Wildman–Crippen LogP) is 4.43. The van der Waals surface area contributed by atoms with Crippen LogP contribution in [-0.2, 0) is 6.42 Å². The molecule has 0 radical (unpaired) electrons. The van der Waals surface area contributed by atoms with Gasteiger partial charge < -0.3 is 15.1 Å². The Hall–Kier alpha value is -2.27. The Labute approximate surface area is 160 Å². The van der Waals surface area contributed by atoms with Crippen LogP contribution in [-0.4, -0.2) is 42.1 Å². The van der Waals surface area contributed by atoms with Crippen LogP contribution in [0.4, 0.5) is 16.3 Å². The third-order valence-electron chi connectivity index (χ3n) is 4.63. The molecule has 2 amide bonds. The third-order valence-corrected chi connectivity index (χ3v) is 4.92. The van der Waals surface area contributed by atoms with Crippen molar-refractivity contribution in [2.24, 2.45) is 0 Å². The number of aromatic nitrogens is 1. The standard InChI is InChI=1S/C20H25ClN4O/c1-2-3-5-16-7-9-17(10-8-16)23-20(26)25-14-12-24(13-15-25)19-18(21)6-4-11-22-19/h4,6-11H,2-3,5,12-15H2,1H3,(H,23,26). The van der Waals surface area contributed by atoms with Gasteiger partial charge in [0.2, 0.25) is 0 Å². The minimum Gasteiger partial charge on any atom is -0.352 e. The molecule has 0 saturated carbocycles. The minimum atomic E-state index is -0.0573. The summed E-state index contributed by atoms with van der Waals surface area (Å²) in [5.74, 6) is 0.789. The summed E-state index contributed by atoms with van der Waals surface area (Å²) in [4.78, 5) is 20.8. The van der Waals surface area contributed by atoms with Crippen molar-refractivity contribution in [2.45, 2.75) is 26.2 Å². The molecule has 3 rings (SSSR count). The Kier molecular flexibility index (Phi) is 6.34. The van der Waals surface area contributed by atoms with Gasteiger partial charge in [-0.05, 0) is 42.7 Å². The van der Waals surface area contributed by atoms with E-state index in [4.69, 9.17) is 11.6 Å². The SMILES string of the molecule is CCCCc1ccc(NC(=O)N2CCN(c3ncccc3Cl)CC2)cc1. The van der Waals surface area contributed by atoms with E-state index in [1.165, 1.54) is 18.4 Å². The molecular formula is C20H25ClN4O. The van der Waals surface area contributed by atoms with Gasteiger partial charge in [-0.25, -0.2) is 9.78 Å². The molecular weight excluding hydrogens is 348 g/mol. The molecule has 1 aliphatic rings. The number of pyridine rings is 1. The second-order valence-corrected chi connectivity index (χ2v) is 6.92. The van der Waals surface area contributed by atoms with E-state index in [0.717, 1.165) is 31.0 Å². The Balaban J connectivity index is 1.51. The second kappa shape index (κ2) is 8.90. The molecule has 1 fully saturated rings. The number of anilines is 2. The van der Waals surface area contributed by atoms with Crippen LogP contribution >= 0.6 is 11.6 Å². The first-order valence-electron chi connectivity index (χ1n) is 9.17. The number of unbranched alkanes of at least 4 members (excludes halogenated alkanes) is 1. The highest BCUT2D eigenvalue weighted by Crippen LogP contribution is 2.23. The van der Waals surface area contributed by atoms with Crippen molar-refractivity contribution in [1.82, 2.24) is 9.88 Å². The summed E-state index contributed by atoms with van der Waals surface area (Å²) in [6, 6.07) is 11.7. The molecule has 5 nitrogen and oxygen atoms in total. The van der Waals surface area contributed by atoms with Crippen molar-refractivity contribution in [2.75, 3.05) is 36.4 Å². The molecule has 6 heteroatoms. The second-order valence-electron chi connectivity index (χ2n) is 6.51. The van der Waals surface area contributed by atoms with E-state index in [1.807, 2.05) is 29.2 Å². The number of piperazine rings is 1. The van der Waals surface area contributed by atoms with Gasteiger partial charge in [0.25, 0.3) is 0 Å². The number of urea groups is 1. The van der Waals surface area contributed by atoms with E-state index in [-0.39, 0.29) is 6.03 Å². The number of carbonyl (C=O) groups is 1. The van der Waals surface area contributed by atoms with E-state index in [2.05, 4.69) is 34.3 Å². The van der Waals surface area contributed by atoms with Crippen molar-refractivity contribution in [3.05, 3.63) is 53.2 Å². The summed E-state index contributed by atoms with van der Waals surface area (Å²) in [5.41, 5.74) is 2.15. The molecule has 1 N–H and O–H groups in total. The number of hydrogen-bond donors (Lipinski definition) is 1. The average molecular weight is 373 g/mol. The summed E-state index contributed by atoms with van der Waals surface area (Å²) in [6.45, 7) is 4.93. The number of carbonyl (C=O) groups excluding carboxylic acids is 1. The molecule has 1 saturated heterocycles. The molecule has 0 atom stereocenters. The lowest BCUT2D eigenvalue weighted by Gasteiger charge is -2.35. The van der Waals surface area contributed by atoms with Gasteiger partial charge in [-0.3, -0.25) is 0 Å². The smallest absolute Gasteiger partial charge is 0.321 e. The maximum absolute atomic E-state index is 12.5. The summed E-state index contributed by atoms with van der Waals surface area (Å²) in [6.07, 6.45) is 5.21. The quantitative estimate of drug-likeness (QED) is 0.844. The highest BCUT2D eigenvalue weighted by molar-refractivity contribution is 6.32. The van der Waals surface area contributed by atoms with Gasteiger partial charge in [0.05, 0.1) is 5.02 Å². The van der Waals surface area contributed by atoms with Crippen LogP contribution in [0.3, 0.4) is 0 Å². The first kappa shape index (κ1) is 18.5. The van der Waals surface area contributed by atoms with Crippen LogP contribution in [0.1, 0.15) is 25.3 Å². The van der Waals surface area contributed by atoms with Crippen LogP contribution in [0.25, 0.3) is 0 Å². The number of rotatable bonds is 5. The first-order chi connectivity index (χ1) is 12.7. The number of hydrogen-bond acceptors (Lipinski definition) is 3. The fourth-order valence-corrected chi connectivity index (χ4v) is 3.31. The zero-order chi connectivity index (χ0) is 18.4. The van der Waals surface area contributed by atoms with E-state index in [0.29, 0.717) is 18.1 Å². The molecule has 0 bridgehead atoms. The van der Waals surface area contributed by atoms with Crippen LogP contribution in [0, 0.1) is 0 Å². The molecule has 26 heavy (non-hydrogen) atoms. The van der Waals surface area contributed by atoms with Gasteiger partial charge in [-0.1, -0.05) is 37.1 Å². The van der Waals surface area contributed by atoms with Crippen LogP contribution in [0.5, 0.6) is 0 Å². The predicted molar refractivity (Wildman–Crippen MR) is 107 cm³/mol. The molecule has 2 heterocycles. The monoisotopic (exact) mass is 372 g/mol. The zero-order valence-corrected chi connectivity index (χ0v) is 15.9. The van der Waals surface area contributed by atoms with Gasteiger partial charge >= 0.3 is 6.03 Å². The van der Waals surface area contributed by atoms with E-state index < -0.39 is 0 Å². The van der Waals surface area contributed by atoms with Gasteiger partial charge in [0.1, 0.15) is 5.82 Å². The van der Waals surface area contributed by atoms with Crippen LogP contribution in [0.15, 0.2) is 42.6 Å². The molecule has 0 unspecified atom stereocenters. The number of aryl methyl sites for hydroxylation is 1. The van der Waals surface area contributed by atoms with Crippen molar-refractivity contribution >= 4 is 29.1 Å². The van der Waals surface area contributed by atoms with E-state index in [1.54, 1.807) is 6.20 Å². The largest absolute Gasteiger partial charge is 0.352 e. The number of halogens is 1. The van der Waals surface area contributed by atoms with Crippen molar-refractivity contribution in [3.63, 3.8) is 0 Å². The highest BCUT2D eigenvalue weighted by Gasteiger charge is 2.23. The number of nitrogens with zero attached hydrogens (tertiary/aromatic N) is 3. The number of nitrogens with one attached hydrogen (secondary N) is 1. The molecule has 1 aliphatic heterocycles. The molecule has 1 aromatic carbocycles. The highest BCUT2D eigenvalue weighted by atomic mass is 35.5. The van der Waals surface area contributed by atoms with E-state index >= 15 is 0 Å². The molecule has 0 spiro atoms. The maximum Gasteiger partial charge on any atom is 0.321 e. The Morgan fingerprint density at radius 2 is 1.88 bits per heavy atom. The summed E-state index contributed by atoms with van der Waals surface area (Å²) in [5, 5.41) is 3.63. The lowest BCUT2D eigenvalue weighted by atomic mass is 10.1. The van der Waals surface area contributed by atoms with Crippen LogP contribution in [0.2, 0.25) is 5.02 Å². The normalized spacial score (nSPS) is 14.4. The lowest BCUT2D eigenvalue weighted by Crippen LogP contribution is -2.50. The maximum atomic E-state index is 12.5. The summed E-state index contributed by atoms with van der Waals surface area (Å²) in [7, 11) is 0. The minimum absolute atomic E-state index is 0.0573. The summed E-state index contributed by atoms with van der Waals surface area (Å²) < 4.78 is 0. The number of benzene rings is 1. The van der Waals surface area contributed by atoms with Crippen LogP contribution < -0.4 is 10.2 Å². The van der Waals surface area contributed by atoms with Crippen molar-refractivity contribution in [1.29, 1.82) is 0 Å². The third kappa shape index (κ3) is 4.67. The van der Waals surface area contributed by atoms with Gasteiger partial charge in [-0.15, -0.1) is 0 Å². The Morgan fingerprint density at radius 1 is 1.15 bits per heavy atom. The fraction of sp³-hybridized carbons (Fsp3) is 0.400. The Morgan fingerprint density at radius 3 is 2.54 bits per heavy atom. The number of amides is 2. The lowest BCUT2D eigenvalue weighted by molar-refractivity contribution is 0.208. The van der Waals surface area contributed by atoms with Gasteiger partial charge in [0.15, 0.2) is 0 Å². The van der Waals surface area contributed by atoms with Gasteiger partial charge in [-0.2, -0.15) is 0 Å². The zero-order valence-electron chi connectivity index (χ0n) is 15.1. The average Bonchev–Trinajstić information content (AvgIpc) is 2.68. The summed E-state index contributed by atoms with van der Waals surface area (Å²) >= 11 is 6.21. The molecule has 1 aromatic heterocycles. The van der Waals surface area contributed by atoms with Crippen molar-refractivity contribution in [3.8, 4) is 0 Å².